The van der Waals surface area contributed by atoms with E-state index in [-0.39, 0.29) is 67.2 Å². The first kappa shape index (κ1) is 43.2. The van der Waals surface area contributed by atoms with E-state index in [2.05, 4.69) is 27.2 Å². The molecule has 1 amide bonds. The highest BCUT2D eigenvalue weighted by molar-refractivity contribution is 6.06. The van der Waals surface area contributed by atoms with Gasteiger partial charge in [0.1, 0.15) is 37.2 Å². The van der Waals surface area contributed by atoms with Crippen molar-refractivity contribution in [3.8, 4) is 0 Å². The van der Waals surface area contributed by atoms with Gasteiger partial charge >= 0.3 is 5.97 Å². The molecule has 4 heterocycles. The number of ketones is 1. The van der Waals surface area contributed by atoms with Gasteiger partial charge < -0.3 is 43.6 Å². The highest BCUT2D eigenvalue weighted by Gasteiger charge is 2.46. The van der Waals surface area contributed by atoms with Crippen LogP contribution in [0.1, 0.15) is 96.2 Å². The van der Waals surface area contributed by atoms with Crippen molar-refractivity contribution in [2.45, 2.75) is 123 Å². The van der Waals surface area contributed by atoms with Gasteiger partial charge in [-0.15, -0.1) is 0 Å². The average molecular weight is 784 g/mol. The fourth-order valence-electron chi connectivity index (χ4n) is 7.04. The summed E-state index contributed by atoms with van der Waals surface area (Å²) < 4.78 is 42.8. The molecule has 1 aromatic carbocycles. The van der Waals surface area contributed by atoms with Gasteiger partial charge in [-0.3, -0.25) is 19.0 Å². The van der Waals surface area contributed by atoms with E-state index in [1.54, 1.807) is 28.8 Å². The van der Waals surface area contributed by atoms with Crippen molar-refractivity contribution < 1.29 is 52.6 Å². The molecule has 2 fully saturated rings. The van der Waals surface area contributed by atoms with E-state index in [0.29, 0.717) is 62.2 Å². The first-order valence-electron chi connectivity index (χ1n) is 19.7. The van der Waals surface area contributed by atoms with E-state index in [9.17, 15) is 19.5 Å². The van der Waals surface area contributed by atoms with E-state index in [0.717, 1.165) is 19.3 Å². The highest BCUT2D eigenvalue weighted by atomic mass is 16.7. The number of imidazole rings is 1. The zero-order valence-corrected chi connectivity index (χ0v) is 33.0. The molecule has 308 valence electrons. The second-order valence-corrected chi connectivity index (χ2v) is 14.3. The number of aliphatic hydroxyl groups excluding tert-OH is 1. The van der Waals surface area contributed by atoms with Gasteiger partial charge in [0, 0.05) is 50.4 Å². The second kappa shape index (κ2) is 21.6. The maximum absolute atomic E-state index is 12.8. The zero-order valence-electron chi connectivity index (χ0n) is 33.0. The van der Waals surface area contributed by atoms with E-state index in [1.807, 2.05) is 26.8 Å². The van der Waals surface area contributed by atoms with Crippen molar-refractivity contribution in [3.05, 3.63) is 48.5 Å². The van der Waals surface area contributed by atoms with Crippen molar-refractivity contribution in [2.75, 3.05) is 38.5 Å². The smallest absolute Gasteiger partial charge is 0.303 e. The maximum Gasteiger partial charge on any atom is 0.303 e. The van der Waals surface area contributed by atoms with Crippen LogP contribution in [0.3, 0.4) is 0 Å². The Hall–Kier alpha value is -3.90. The number of esters is 1. The number of unbranched alkanes of at least 4 members (excludes halogenated alkanes) is 1. The summed E-state index contributed by atoms with van der Waals surface area (Å²) in [5.41, 5.74) is 1.25. The van der Waals surface area contributed by atoms with Crippen LogP contribution in [-0.2, 0) is 42.7 Å². The summed E-state index contributed by atoms with van der Waals surface area (Å²) in [6.07, 6.45) is 3.36. The number of anilines is 1. The van der Waals surface area contributed by atoms with Gasteiger partial charge in [0.2, 0.25) is 0 Å². The van der Waals surface area contributed by atoms with Crippen LogP contribution in [0.5, 0.6) is 0 Å². The van der Waals surface area contributed by atoms with E-state index in [4.69, 9.17) is 33.2 Å². The third-order valence-electron chi connectivity index (χ3n) is 10.4. The SMILES string of the molecule is CCC1OC(OCCCCC(=O)CCCOCCOCO[C@H]2C(O)[C@@H](CC)O[C@H]2n2cnc3c(NC(=O)c4ccccc4)ncnc32)C(C)C(C)C1OC(C)=O. The number of amides is 1. The molecule has 3 aromatic rings. The number of hydrogen-bond donors (Lipinski definition) is 2. The first-order valence-corrected chi connectivity index (χ1v) is 19.7. The Bertz CT molecular complexity index is 1690. The molecule has 2 aliphatic heterocycles. The summed E-state index contributed by atoms with van der Waals surface area (Å²) in [5, 5.41) is 13.8. The van der Waals surface area contributed by atoms with Crippen molar-refractivity contribution in [3.63, 3.8) is 0 Å². The summed E-state index contributed by atoms with van der Waals surface area (Å²) in [6.45, 7) is 10.9. The summed E-state index contributed by atoms with van der Waals surface area (Å²) in [7, 11) is 0. The Labute approximate surface area is 327 Å². The molecule has 0 spiro atoms. The fraction of sp³-hybridized carbons (Fsp3) is 0.650. The quantitative estimate of drug-likeness (QED) is 0.0786. The van der Waals surface area contributed by atoms with Gasteiger partial charge in [0.05, 0.1) is 31.7 Å². The zero-order chi connectivity index (χ0) is 40.0. The molecular weight excluding hydrogens is 726 g/mol. The number of carbonyl (C=O) groups is 3. The van der Waals surface area contributed by atoms with Crippen LogP contribution >= 0.6 is 0 Å². The number of ether oxygens (including phenoxy) is 7. The molecule has 2 N–H and O–H groups in total. The number of Topliss-reactive ketones (excluding diaryl/α,β-unsaturated/α-hetero) is 1. The van der Waals surface area contributed by atoms with Gasteiger partial charge in [-0.05, 0) is 44.2 Å². The van der Waals surface area contributed by atoms with E-state index >= 15 is 0 Å². The first-order chi connectivity index (χ1) is 27.1. The van der Waals surface area contributed by atoms with Crippen LogP contribution in [0.2, 0.25) is 0 Å². The van der Waals surface area contributed by atoms with Gasteiger partial charge in [-0.1, -0.05) is 45.9 Å². The minimum atomic E-state index is -0.929. The van der Waals surface area contributed by atoms with Gasteiger partial charge in [-0.25, -0.2) is 15.0 Å². The Morgan fingerprint density at radius 3 is 2.34 bits per heavy atom. The third kappa shape index (κ3) is 11.4. The molecule has 16 heteroatoms. The predicted octanol–water partition coefficient (Wildman–Crippen LogP) is 5.00. The van der Waals surface area contributed by atoms with E-state index < -0.39 is 24.5 Å². The Balaban J connectivity index is 0.955. The molecule has 5 rings (SSSR count). The Morgan fingerprint density at radius 2 is 1.59 bits per heavy atom. The molecule has 0 saturated carbocycles. The van der Waals surface area contributed by atoms with Crippen LogP contribution < -0.4 is 5.32 Å². The number of benzene rings is 1. The molecule has 6 unspecified atom stereocenters. The van der Waals surface area contributed by atoms with Gasteiger partial charge in [0.25, 0.3) is 5.91 Å². The molecule has 0 bridgehead atoms. The lowest BCUT2D eigenvalue weighted by Crippen LogP contribution is -2.51. The van der Waals surface area contributed by atoms with Gasteiger partial charge in [-0.2, -0.15) is 0 Å². The number of nitrogens with zero attached hydrogens (tertiary/aromatic N) is 4. The molecule has 56 heavy (non-hydrogen) atoms. The topological polar surface area (TPSA) is 192 Å². The number of aromatic nitrogens is 4. The number of hydrogen-bond acceptors (Lipinski definition) is 14. The molecule has 2 aromatic heterocycles. The van der Waals surface area contributed by atoms with Crippen molar-refractivity contribution in [1.82, 2.24) is 19.5 Å². The molecule has 0 aliphatic carbocycles. The molecule has 2 saturated heterocycles. The normalized spacial score (nSPS) is 26.4. The lowest BCUT2D eigenvalue weighted by Gasteiger charge is -2.43. The Kier molecular flexibility index (Phi) is 16.7. The largest absolute Gasteiger partial charge is 0.459 e. The fourth-order valence-corrected chi connectivity index (χ4v) is 7.04. The summed E-state index contributed by atoms with van der Waals surface area (Å²) in [6, 6.07) is 8.79. The lowest BCUT2D eigenvalue weighted by molar-refractivity contribution is -0.267. The van der Waals surface area contributed by atoms with Crippen molar-refractivity contribution in [2.24, 2.45) is 11.8 Å². The monoisotopic (exact) mass is 783 g/mol. The standard InChI is InChI=1S/C40H57N5O11/c1-6-30-33(48)35(39(55-30)45-23-43-32-36(41-22-42-37(32)45)44-38(49)28-14-9-8-10-15-28)53-24-51-21-20-50-18-13-17-29(47)16-11-12-19-52-40-26(4)25(3)34(54-27(5)46)31(7-2)56-40/h8-10,14-15,22-23,25-26,30-31,33-35,39-40,48H,6-7,11-13,16-21,24H2,1-5H3,(H,41,42,44,49)/t25?,26?,30-,31?,33?,34?,35+,39-,40?/m1/s1. The summed E-state index contributed by atoms with van der Waals surface area (Å²) >= 11 is 0. The minimum absolute atomic E-state index is 0.0703. The van der Waals surface area contributed by atoms with Crippen LogP contribution in [0.25, 0.3) is 11.2 Å². The van der Waals surface area contributed by atoms with Gasteiger partial charge in [0.15, 0.2) is 29.5 Å². The number of rotatable bonds is 22. The Morgan fingerprint density at radius 1 is 0.839 bits per heavy atom. The molecule has 16 nitrogen and oxygen atoms in total. The molecule has 2 aliphatic rings. The van der Waals surface area contributed by atoms with Crippen LogP contribution in [0.15, 0.2) is 43.0 Å². The molecule has 0 radical (unpaired) electrons. The summed E-state index contributed by atoms with van der Waals surface area (Å²) in [4.78, 5) is 49.8. The van der Waals surface area contributed by atoms with Crippen LogP contribution in [-0.4, -0.2) is 112 Å². The minimum Gasteiger partial charge on any atom is -0.459 e. The lowest BCUT2D eigenvalue weighted by atomic mass is 9.84. The maximum atomic E-state index is 12.8. The van der Waals surface area contributed by atoms with Crippen LogP contribution in [0, 0.1) is 11.8 Å². The third-order valence-corrected chi connectivity index (χ3v) is 10.4. The number of carbonyl (C=O) groups excluding carboxylic acids is 3. The second-order valence-electron chi connectivity index (χ2n) is 14.3. The van der Waals surface area contributed by atoms with Crippen molar-refractivity contribution in [1.29, 1.82) is 0 Å². The average Bonchev–Trinajstić information content (AvgIpc) is 3.77. The number of fused-ring (bicyclic) bond motifs is 1. The molecule has 9 atom stereocenters. The molecular formula is C40H57N5O11. The van der Waals surface area contributed by atoms with Crippen LogP contribution in [0.4, 0.5) is 5.82 Å². The number of aliphatic hydroxyl groups is 1. The van der Waals surface area contributed by atoms with E-state index in [1.165, 1.54) is 19.6 Å². The summed E-state index contributed by atoms with van der Waals surface area (Å²) in [5.74, 6) is -0.0173. The highest BCUT2D eigenvalue weighted by Crippen LogP contribution is 2.36. The predicted molar refractivity (Wildman–Crippen MR) is 203 cm³/mol. The van der Waals surface area contributed by atoms with Crippen molar-refractivity contribution >= 4 is 34.6 Å². The number of nitrogens with one attached hydrogen (secondary N) is 1.